The molecule has 0 saturated carbocycles. The van der Waals surface area contributed by atoms with E-state index in [9.17, 15) is 29.4 Å². The molecule has 4 aliphatic heterocycles. The lowest BCUT2D eigenvalue weighted by molar-refractivity contribution is -0.162. The van der Waals surface area contributed by atoms with Crippen LogP contribution in [0.3, 0.4) is 0 Å². The number of Topliss-reactive ketones (excluding diaryl/α,β-unsaturated/α-hetero) is 1. The zero-order valence-corrected chi connectivity index (χ0v) is 40.6. The number of likely N-dealkylation sites (N-methyl/N-ethyl adjacent to an activating group) is 1. The number of methoxy groups -OCH3 is 2. The Morgan fingerprint density at radius 1 is 1.00 bits per heavy atom. The third kappa shape index (κ3) is 9.54. The van der Waals surface area contributed by atoms with E-state index in [2.05, 4.69) is 5.32 Å². The number of aromatic hydroxyl groups is 1. The first-order chi connectivity index (χ1) is 31.2. The van der Waals surface area contributed by atoms with E-state index in [0.29, 0.717) is 29.3 Å². The molecule has 0 spiro atoms. The topological polar surface area (TPSA) is 205 Å². The predicted octanol–water partition coefficient (Wildman–Crippen LogP) is 7.27. The van der Waals surface area contributed by atoms with Gasteiger partial charge in [-0.2, -0.15) is 0 Å². The van der Waals surface area contributed by atoms with E-state index in [1.165, 1.54) is 53.0 Å². The second-order valence-corrected chi connectivity index (χ2v) is 18.4. The van der Waals surface area contributed by atoms with Crippen LogP contribution in [0.4, 0.5) is 5.69 Å². The molecule has 17 heteroatoms. The van der Waals surface area contributed by atoms with E-state index in [1.54, 1.807) is 37.3 Å². The number of aromatic nitrogens is 1. The van der Waals surface area contributed by atoms with E-state index >= 15 is 0 Å². The molecule has 66 heavy (non-hydrogen) atoms. The first-order valence-corrected chi connectivity index (χ1v) is 23.0. The van der Waals surface area contributed by atoms with Crippen molar-refractivity contribution in [3.05, 3.63) is 69.6 Å². The molecular formula is C49H61N3O13S. The molecule has 2 aromatic carbocycles. The number of hydrogen-bond acceptors (Lipinski definition) is 16. The zero-order valence-electron chi connectivity index (χ0n) is 39.8. The predicted molar refractivity (Wildman–Crippen MR) is 252 cm³/mol. The van der Waals surface area contributed by atoms with Gasteiger partial charge in [-0.05, 0) is 46.3 Å². The number of benzene rings is 3. The number of hydrogen-bond donors (Lipinski definition) is 3. The number of amides is 1. The summed E-state index contributed by atoms with van der Waals surface area (Å²) >= 11 is 1.37. The van der Waals surface area contributed by atoms with Gasteiger partial charge in [-0.1, -0.05) is 45.9 Å². The highest BCUT2D eigenvalue weighted by molar-refractivity contribution is 7.98. The summed E-state index contributed by atoms with van der Waals surface area (Å²) in [6, 6.07) is 3.45. The molecule has 9 atom stereocenters. The van der Waals surface area contributed by atoms with Gasteiger partial charge in [0.1, 0.15) is 46.9 Å². The van der Waals surface area contributed by atoms with Crippen molar-refractivity contribution in [3.8, 4) is 28.7 Å². The average Bonchev–Trinajstić information content (AvgIpc) is 3.54. The molecular weight excluding hydrogens is 871 g/mol. The minimum absolute atomic E-state index is 0.00606. The number of anilines is 1. The number of ketones is 1. The molecule has 5 aliphatic rings. The summed E-state index contributed by atoms with van der Waals surface area (Å²) in [6.07, 6.45) is 6.56. The Kier molecular flexibility index (Phi) is 15.3. The highest BCUT2D eigenvalue weighted by Gasteiger charge is 2.50. The summed E-state index contributed by atoms with van der Waals surface area (Å²) in [7, 11) is 6.88. The third-order valence-electron chi connectivity index (χ3n) is 12.6. The summed E-state index contributed by atoms with van der Waals surface area (Å²) in [5, 5.41) is 25.9. The normalized spacial score (nSPS) is 28.3. The Labute approximate surface area is 388 Å². The van der Waals surface area contributed by atoms with Crippen LogP contribution in [0.2, 0.25) is 0 Å². The molecule has 16 nitrogen and oxygen atoms in total. The molecule has 356 valence electrons. The van der Waals surface area contributed by atoms with Gasteiger partial charge in [0.15, 0.2) is 11.3 Å². The average molecular weight is 932 g/mol. The maximum atomic E-state index is 14.9. The highest BCUT2D eigenvalue weighted by Crippen LogP contribution is 2.51. The van der Waals surface area contributed by atoms with E-state index in [0.717, 1.165) is 0 Å². The second-order valence-electron chi connectivity index (χ2n) is 17.6. The van der Waals surface area contributed by atoms with Crippen molar-refractivity contribution in [2.75, 3.05) is 53.0 Å². The number of nitrogens with zero attached hydrogens (tertiary/aromatic N) is 2. The van der Waals surface area contributed by atoms with Crippen LogP contribution in [0, 0.1) is 30.6 Å². The van der Waals surface area contributed by atoms with Gasteiger partial charge in [0, 0.05) is 85.8 Å². The minimum atomic E-state index is -2.03. The number of ether oxygens (including phenoxy) is 6. The van der Waals surface area contributed by atoms with E-state index in [1.807, 2.05) is 59.0 Å². The summed E-state index contributed by atoms with van der Waals surface area (Å²) in [6.45, 7) is 14.2. The maximum absolute atomic E-state index is 14.9. The Bertz CT molecular complexity index is 2640. The summed E-state index contributed by atoms with van der Waals surface area (Å²) in [5.74, 6) is -6.01. The Hall–Kier alpha value is -5.46. The number of esters is 1. The number of aliphatic hydroxyl groups excluding tert-OH is 1. The molecule has 0 radical (unpaired) electrons. The number of allylic oxidation sites excluding steroid dienone is 2. The summed E-state index contributed by atoms with van der Waals surface area (Å²) in [4.78, 5) is 64.0. The van der Waals surface area contributed by atoms with Crippen LogP contribution in [-0.4, -0.2) is 116 Å². The van der Waals surface area contributed by atoms with Gasteiger partial charge < -0.3 is 53.3 Å². The van der Waals surface area contributed by atoms with Crippen LogP contribution in [-0.2, 0) is 28.5 Å². The number of carbonyl (C=O) groups excluding carboxylic acids is 3. The molecule has 3 N–H and O–H groups in total. The van der Waals surface area contributed by atoms with Crippen molar-refractivity contribution in [1.82, 2.24) is 9.88 Å². The lowest BCUT2D eigenvalue weighted by Gasteiger charge is -2.39. The van der Waals surface area contributed by atoms with Crippen molar-refractivity contribution in [3.63, 3.8) is 0 Å². The van der Waals surface area contributed by atoms with Gasteiger partial charge >= 0.3 is 11.8 Å². The minimum Gasteiger partial charge on any atom is -0.507 e. The molecule has 1 aliphatic carbocycles. The SMILES string of the molecule is CO[C@H]1[C@@H](C)[C@H](OC(C)=O)[C@H](C)[C@@H](OC)/C=C/O[C@@]2(C)Oc3c(C)c(O)c4c(=O)c(c5oc6cc(OCCN(C)C)cc(SC)c6nc-5c4c3C2=O)NC(=O)/C(C)=C\C=C\[C@H](C)[C@H](O)[C@H]1C. The number of nitrogens with one attached hydrogen (secondary N) is 1. The first-order valence-electron chi connectivity index (χ1n) is 21.8. The standard InChI is InChI=1S/C49H61N3O13S/c1-23-15-14-16-24(2)48(58)51-39-42(56)35-34(38-46(39)64-32-21-30(61-20-18-52(9)10)22-33(66-13)37(32)50-38)36-45(27(5)41(35)55)65-49(8,47(36)57)62-19-17-31(59-11)25(3)44(63-29(7)53)28(6)43(60-12)26(4)40(23)54/h14-17,19,21-23,25-26,28,31,40,43-44,54-55H,18,20H2,1-13H3,(H,51,58)/b15-14+,19-17+,24-16-/t23-,25+,26+,28+,31-,40-,43+,44+,49-/m0/s1. The molecule has 2 aromatic rings. The number of phenolic OH excluding ortho intramolecular Hbond substituents is 1. The Morgan fingerprint density at radius 3 is 2.35 bits per heavy atom. The van der Waals surface area contributed by atoms with Crippen molar-refractivity contribution in [1.29, 1.82) is 0 Å². The highest BCUT2D eigenvalue weighted by atomic mass is 32.2. The molecule has 5 bridgehead atoms. The molecule has 0 aromatic heterocycles. The van der Waals surface area contributed by atoms with Crippen molar-refractivity contribution >= 4 is 57.0 Å². The fraction of sp³-hybridized carbons (Fsp3) is 0.490. The largest absolute Gasteiger partial charge is 0.507 e. The fourth-order valence-corrected chi connectivity index (χ4v) is 9.43. The number of thioether (sulfide) groups is 1. The van der Waals surface area contributed by atoms with E-state index in [4.69, 9.17) is 37.8 Å². The van der Waals surface area contributed by atoms with Crippen molar-refractivity contribution in [2.24, 2.45) is 23.7 Å². The fourth-order valence-electron chi connectivity index (χ4n) is 8.85. The van der Waals surface area contributed by atoms with Crippen LogP contribution in [0.15, 0.2) is 62.4 Å². The van der Waals surface area contributed by atoms with Gasteiger partial charge in [0.25, 0.3) is 11.7 Å². The quantitative estimate of drug-likeness (QED) is 0.0688. The summed E-state index contributed by atoms with van der Waals surface area (Å²) in [5.41, 5.74) is -0.393. The third-order valence-corrected chi connectivity index (χ3v) is 13.4. The molecule has 0 saturated heterocycles. The van der Waals surface area contributed by atoms with Gasteiger partial charge in [-0.3, -0.25) is 19.2 Å². The van der Waals surface area contributed by atoms with E-state index < -0.39 is 82.7 Å². The number of phenols is 1. The van der Waals surface area contributed by atoms with Gasteiger partial charge in [0.05, 0.1) is 35.5 Å². The van der Waals surface area contributed by atoms with Crippen LogP contribution in [0.1, 0.15) is 64.4 Å². The lowest BCUT2D eigenvalue weighted by atomic mass is 9.78. The molecule has 0 fully saturated rings. The maximum Gasteiger partial charge on any atom is 0.312 e. The van der Waals surface area contributed by atoms with Gasteiger partial charge in [-0.25, -0.2) is 4.98 Å². The Morgan fingerprint density at radius 2 is 1.71 bits per heavy atom. The molecule has 0 unspecified atom stereocenters. The number of carbonyl (C=O) groups is 3. The van der Waals surface area contributed by atoms with Crippen LogP contribution in [0.5, 0.6) is 17.2 Å². The second kappa shape index (κ2) is 20.2. The number of fused-ring (bicyclic) bond motifs is 14. The zero-order chi connectivity index (χ0) is 48.5. The molecule has 1 amide bonds. The smallest absolute Gasteiger partial charge is 0.312 e. The summed E-state index contributed by atoms with van der Waals surface area (Å²) < 4.78 is 42.8. The molecule has 7 rings (SSSR count). The number of aliphatic hydroxyl groups is 1. The van der Waals surface area contributed by atoms with Crippen LogP contribution in [0.25, 0.3) is 33.3 Å². The Balaban J connectivity index is 1.61. The van der Waals surface area contributed by atoms with Crippen molar-refractivity contribution < 1.29 is 57.4 Å². The monoisotopic (exact) mass is 931 g/mol. The van der Waals surface area contributed by atoms with Crippen LogP contribution >= 0.6 is 11.8 Å². The lowest BCUT2D eigenvalue weighted by Crippen LogP contribution is -2.47. The van der Waals surface area contributed by atoms with E-state index in [-0.39, 0.29) is 55.9 Å². The van der Waals surface area contributed by atoms with Crippen molar-refractivity contribution in [2.45, 2.75) is 90.5 Å². The van der Waals surface area contributed by atoms with Crippen LogP contribution < -0.4 is 20.2 Å². The van der Waals surface area contributed by atoms with Gasteiger partial charge in [-0.15, -0.1) is 11.8 Å². The number of rotatable bonds is 8. The first kappa shape index (κ1) is 50.0. The molecule has 4 heterocycles. The van der Waals surface area contributed by atoms with Gasteiger partial charge in [0.2, 0.25) is 5.43 Å².